The number of hydroxylamine groups is 2. The van der Waals surface area contributed by atoms with Crippen molar-refractivity contribution in [3.8, 4) is 11.8 Å². The molecule has 162 valence electrons. The molecule has 0 spiro atoms. The predicted molar refractivity (Wildman–Crippen MR) is 113 cm³/mol. The molecule has 3 saturated heterocycles. The van der Waals surface area contributed by atoms with Gasteiger partial charge < -0.3 is 15.2 Å². The van der Waals surface area contributed by atoms with Crippen molar-refractivity contribution in [2.24, 2.45) is 11.7 Å². The zero-order chi connectivity index (χ0) is 22.0. The third-order valence-corrected chi connectivity index (χ3v) is 6.92. The van der Waals surface area contributed by atoms with E-state index >= 15 is 0 Å². The van der Waals surface area contributed by atoms with E-state index < -0.39 is 35.5 Å². The van der Waals surface area contributed by atoms with Crippen molar-refractivity contribution in [2.75, 3.05) is 0 Å². The van der Waals surface area contributed by atoms with Crippen molar-refractivity contribution in [1.82, 2.24) is 5.06 Å². The zero-order valence-corrected chi connectivity index (χ0v) is 17.6. The lowest BCUT2D eigenvalue weighted by molar-refractivity contribution is -0.227. The quantitative estimate of drug-likeness (QED) is 0.435. The van der Waals surface area contributed by atoms with Crippen LogP contribution in [0.4, 0.5) is 0 Å². The van der Waals surface area contributed by atoms with E-state index in [1.54, 1.807) is 17.2 Å². The number of carbonyl (C=O) groups is 2. The van der Waals surface area contributed by atoms with E-state index in [4.69, 9.17) is 31.6 Å². The zero-order valence-electron chi connectivity index (χ0n) is 16.9. The number of rotatable bonds is 3. The summed E-state index contributed by atoms with van der Waals surface area (Å²) in [4.78, 5) is 31.2. The fourth-order valence-electron chi connectivity index (χ4n) is 5.09. The van der Waals surface area contributed by atoms with Crippen LogP contribution in [0, 0.1) is 17.8 Å². The highest BCUT2D eigenvalue weighted by molar-refractivity contribution is 6.30. The maximum absolute atomic E-state index is 12.6. The van der Waals surface area contributed by atoms with Crippen molar-refractivity contribution in [3.63, 3.8) is 0 Å². The molecule has 3 heterocycles. The van der Waals surface area contributed by atoms with E-state index in [1.165, 1.54) is 0 Å². The third kappa shape index (κ3) is 3.03. The number of carbonyl (C=O) groups excluding carboxylic acids is 2. The summed E-state index contributed by atoms with van der Waals surface area (Å²) in [7, 11) is 0. The Bertz CT molecular complexity index is 1170. The Balaban J connectivity index is 1.22. The Morgan fingerprint density at radius 1 is 1.09 bits per heavy atom. The molecule has 3 aliphatic heterocycles. The summed E-state index contributed by atoms with van der Waals surface area (Å²) in [6.07, 6.45) is -0.469. The number of fused-ring (bicyclic) bond motifs is 2. The van der Waals surface area contributed by atoms with Gasteiger partial charge in [-0.1, -0.05) is 35.6 Å². The van der Waals surface area contributed by atoms with Crippen LogP contribution in [0.5, 0.6) is 0 Å². The second-order valence-corrected chi connectivity index (χ2v) is 9.03. The Morgan fingerprint density at radius 2 is 1.75 bits per heavy atom. The number of esters is 1. The van der Waals surface area contributed by atoms with Crippen LogP contribution in [0.3, 0.4) is 0 Å². The molecule has 0 bridgehead atoms. The minimum atomic E-state index is -1.27. The van der Waals surface area contributed by atoms with E-state index in [2.05, 4.69) is 11.8 Å². The average molecular weight is 451 g/mol. The van der Waals surface area contributed by atoms with Crippen molar-refractivity contribution >= 4 is 23.5 Å². The van der Waals surface area contributed by atoms with Gasteiger partial charge in [-0.3, -0.25) is 14.4 Å². The van der Waals surface area contributed by atoms with Gasteiger partial charge in [0.15, 0.2) is 5.60 Å². The van der Waals surface area contributed by atoms with Crippen LogP contribution >= 0.6 is 11.6 Å². The molecule has 1 amide bonds. The number of halogens is 1. The first-order valence-electron chi connectivity index (χ1n) is 10.4. The van der Waals surface area contributed by atoms with E-state index in [0.717, 1.165) is 16.7 Å². The number of ether oxygens (including phenoxy) is 2. The molecule has 2 aromatic rings. The fourth-order valence-corrected chi connectivity index (χ4v) is 5.22. The van der Waals surface area contributed by atoms with Gasteiger partial charge in [0.25, 0.3) is 5.91 Å². The summed E-state index contributed by atoms with van der Waals surface area (Å²) in [5, 5.41) is 2.22. The van der Waals surface area contributed by atoms with Crippen LogP contribution in [-0.4, -0.2) is 46.9 Å². The monoisotopic (exact) mass is 450 g/mol. The summed E-state index contributed by atoms with van der Waals surface area (Å²) in [6, 6.07) is 14.3. The van der Waals surface area contributed by atoms with E-state index in [0.29, 0.717) is 18.0 Å². The molecule has 6 rings (SSSR count). The molecule has 2 aromatic carbocycles. The normalized spacial score (nSPS) is 34.2. The lowest BCUT2D eigenvalue weighted by Crippen LogP contribution is -2.57. The maximum Gasteiger partial charge on any atom is 0.326 e. The second kappa shape index (κ2) is 7.06. The molecule has 1 saturated carbocycles. The van der Waals surface area contributed by atoms with Gasteiger partial charge >= 0.3 is 5.97 Å². The SMILES string of the molecule is NC(=O)[C@]12C[C@@H]3O[C@@H]3[C@H]3OC(=O)[C@H]([C@H]31)N(Cc1ccc(C#Cc3ccc(Cl)cc3)cc1)O2. The van der Waals surface area contributed by atoms with Crippen LogP contribution in [0.15, 0.2) is 48.5 Å². The number of amides is 1. The largest absolute Gasteiger partial charge is 0.458 e. The molecular weight excluding hydrogens is 432 g/mol. The molecule has 0 radical (unpaired) electrons. The van der Waals surface area contributed by atoms with E-state index in [-0.39, 0.29) is 12.2 Å². The summed E-state index contributed by atoms with van der Waals surface area (Å²) in [5.74, 6) is 4.78. The van der Waals surface area contributed by atoms with Crippen molar-refractivity contribution < 1.29 is 23.9 Å². The number of hydrogen-bond donors (Lipinski definition) is 1. The van der Waals surface area contributed by atoms with Gasteiger partial charge in [0.2, 0.25) is 0 Å². The number of benzene rings is 2. The first-order valence-corrected chi connectivity index (χ1v) is 10.8. The van der Waals surface area contributed by atoms with Crippen LogP contribution < -0.4 is 5.73 Å². The van der Waals surface area contributed by atoms with Gasteiger partial charge in [0.05, 0.1) is 18.6 Å². The molecule has 8 heteroatoms. The van der Waals surface area contributed by atoms with Crippen LogP contribution in [0.2, 0.25) is 5.02 Å². The molecule has 0 unspecified atom stereocenters. The first kappa shape index (κ1) is 19.8. The molecule has 4 fully saturated rings. The maximum atomic E-state index is 12.6. The standard InChI is InChI=1S/C24H19ClN2O5/c25-16-9-7-14(8-10-16)2-1-13-3-5-15(6-4-13)12-27-19-18-21(31-22(19)28)20-17(30-20)11-24(18,32-27)23(26)29/h3-10,17-21H,11-12H2,(H2,26,29)/t17-,18+,19-,20-,21-,24-/m0/s1. The number of hydrogen-bond acceptors (Lipinski definition) is 6. The molecule has 4 aliphatic rings. The summed E-state index contributed by atoms with van der Waals surface area (Å²) in [5.41, 5.74) is 7.12. The van der Waals surface area contributed by atoms with Gasteiger partial charge in [0.1, 0.15) is 18.2 Å². The summed E-state index contributed by atoms with van der Waals surface area (Å²) < 4.78 is 11.2. The molecule has 1 aliphatic carbocycles. The average Bonchev–Trinajstić information content (AvgIpc) is 3.35. The fraction of sp³-hybridized carbons (Fsp3) is 0.333. The third-order valence-electron chi connectivity index (χ3n) is 6.67. The molecule has 7 nitrogen and oxygen atoms in total. The van der Waals surface area contributed by atoms with Gasteiger partial charge in [0, 0.05) is 22.6 Å². The molecule has 6 atom stereocenters. The molecule has 0 aromatic heterocycles. The Kier molecular flexibility index (Phi) is 4.36. The van der Waals surface area contributed by atoms with Crippen LogP contribution in [0.1, 0.15) is 23.1 Å². The van der Waals surface area contributed by atoms with E-state index in [1.807, 2.05) is 36.4 Å². The van der Waals surface area contributed by atoms with Crippen LogP contribution in [0.25, 0.3) is 0 Å². The molecule has 32 heavy (non-hydrogen) atoms. The predicted octanol–water partition coefficient (Wildman–Crippen LogP) is 1.79. The minimum Gasteiger partial charge on any atom is -0.458 e. The summed E-state index contributed by atoms with van der Waals surface area (Å²) in [6.45, 7) is 0.319. The van der Waals surface area contributed by atoms with Crippen molar-refractivity contribution in [1.29, 1.82) is 0 Å². The molecule has 2 N–H and O–H groups in total. The number of primary amides is 1. The topological polar surface area (TPSA) is 94.4 Å². The van der Waals surface area contributed by atoms with E-state index in [9.17, 15) is 9.59 Å². The van der Waals surface area contributed by atoms with Crippen molar-refractivity contribution in [2.45, 2.75) is 42.9 Å². The van der Waals surface area contributed by atoms with Crippen LogP contribution in [-0.2, 0) is 30.4 Å². The Labute approximate surface area is 189 Å². The van der Waals surface area contributed by atoms with Gasteiger partial charge in [-0.15, -0.1) is 0 Å². The second-order valence-electron chi connectivity index (χ2n) is 8.59. The minimum absolute atomic E-state index is 0.159. The number of nitrogens with zero attached hydrogens (tertiary/aromatic N) is 1. The number of epoxide rings is 1. The highest BCUT2D eigenvalue weighted by Crippen LogP contribution is 2.57. The first-order chi connectivity index (χ1) is 15.4. The van der Waals surface area contributed by atoms with Gasteiger partial charge in [-0.05, 0) is 42.0 Å². The van der Waals surface area contributed by atoms with Gasteiger partial charge in [-0.25, -0.2) is 0 Å². The lowest BCUT2D eigenvalue weighted by atomic mass is 9.72. The Morgan fingerprint density at radius 3 is 2.41 bits per heavy atom. The highest BCUT2D eigenvalue weighted by atomic mass is 35.5. The molecular formula is C24H19ClN2O5. The summed E-state index contributed by atoms with van der Waals surface area (Å²) >= 11 is 5.90. The Hall–Kier alpha value is -2.89. The lowest BCUT2D eigenvalue weighted by Gasteiger charge is -2.34. The van der Waals surface area contributed by atoms with Gasteiger partial charge in [-0.2, -0.15) is 5.06 Å². The number of nitrogens with two attached hydrogens (primary N) is 1. The smallest absolute Gasteiger partial charge is 0.326 e. The van der Waals surface area contributed by atoms with Crippen molar-refractivity contribution in [3.05, 3.63) is 70.2 Å². The highest BCUT2D eigenvalue weighted by Gasteiger charge is 2.76.